The molecule has 5 nitrogen and oxygen atoms in total. The van der Waals surface area contributed by atoms with E-state index in [0.29, 0.717) is 6.61 Å². The summed E-state index contributed by atoms with van der Waals surface area (Å²) in [6.45, 7) is 2.31. The number of nitrogens with zero attached hydrogens (tertiary/aromatic N) is 1. The largest absolute Gasteiger partial charge is 0.395 e. The molecule has 1 aromatic rings. The Labute approximate surface area is 100 Å². The zero-order valence-corrected chi connectivity index (χ0v) is 10.2. The van der Waals surface area contributed by atoms with Gasteiger partial charge in [0.15, 0.2) is 0 Å². The fourth-order valence-corrected chi connectivity index (χ4v) is 2.31. The topological polar surface area (TPSA) is 65.0 Å². The third kappa shape index (κ3) is 3.04. The number of hydrogen-bond acceptors (Lipinski definition) is 5. The van der Waals surface area contributed by atoms with Crippen molar-refractivity contribution in [1.82, 2.24) is 0 Å². The zero-order chi connectivity index (χ0) is 12.3. The first-order chi connectivity index (χ1) is 8.08. The summed E-state index contributed by atoms with van der Waals surface area (Å²) in [6, 6.07) is 6.53. The average molecular weight is 255 g/mol. The highest BCUT2D eigenvalue weighted by Crippen LogP contribution is 2.15. The van der Waals surface area contributed by atoms with Gasteiger partial charge >= 0.3 is 0 Å². The maximum atomic E-state index is 11.8. The van der Waals surface area contributed by atoms with Gasteiger partial charge in [0, 0.05) is 0 Å². The Hall–Kier alpha value is -1.40. The van der Waals surface area contributed by atoms with Gasteiger partial charge in [0.05, 0.1) is 23.6 Å². The summed E-state index contributed by atoms with van der Waals surface area (Å²) >= 11 is 0. The van der Waals surface area contributed by atoms with Crippen molar-refractivity contribution in [3.63, 3.8) is 0 Å². The molecule has 1 heterocycles. The molecular weight excluding hydrogens is 242 g/mol. The highest BCUT2D eigenvalue weighted by Gasteiger charge is 2.19. The molecule has 1 atom stereocenters. The summed E-state index contributed by atoms with van der Waals surface area (Å²) in [5.74, 6) is -0.102. The molecule has 1 aliphatic rings. The van der Waals surface area contributed by atoms with Gasteiger partial charge < -0.3 is 4.84 Å². The van der Waals surface area contributed by atoms with Crippen molar-refractivity contribution >= 4 is 16.3 Å². The van der Waals surface area contributed by atoms with Crippen molar-refractivity contribution in [3.8, 4) is 0 Å². The highest BCUT2D eigenvalue weighted by molar-refractivity contribution is 7.86. The Morgan fingerprint density at radius 1 is 1.41 bits per heavy atom. The molecule has 0 spiro atoms. The number of rotatable bonds is 4. The Kier molecular flexibility index (Phi) is 3.44. The molecule has 0 saturated carbocycles. The SMILES string of the molecule is Cc1ccc(S(=O)(=O)OC[C@H]2C=NOC2)cc1. The molecule has 0 aliphatic carbocycles. The molecule has 92 valence electrons. The molecule has 0 fully saturated rings. The first-order valence-electron chi connectivity index (χ1n) is 5.19. The minimum Gasteiger partial charge on any atom is -0.395 e. The molecule has 0 bridgehead atoms. The van der Waals surface area contributed by atoms with Crippen molar-refractivity contribution in [2.24, 2.45) is 11.1 Å². The first-order valence-corrected chi connectivity index (χ1v) is 6.60. The van der Waals surface area contributed by atoms with E-state index in [2.05, 4.69) is 5.16 Å². The lowest BCUT2D eigenvalue weighted by Crippen LogP contribution is -2.16. The normalized spacial score (nSPS) is 19.2. The van der Waals surface area contributed by atoms with Crippen LogP contribution in [0.25, 0.3) is 0 Å². The van der Waals surface area contributed by atoms with Crippen LogP contribution < -0.4 is 0 Å². The van der Waals surface area contributed by atoms with Crippen molar-refractivity contribution < 1.29 is 17.4 Å². The van der Waals surface area contributed by atoms with Crippen LogP contribution in [0.15, 0.2) is 34.3 Å². The van der Waals surface area contributed by atoms with Gasteiger partial charge in [-0.1, -0.05) is 22.9 Å². The quantitative estimate of drug-likeness (QED) is 0.761. The third-order valence-corrected chi connectivity index (χ3v) is 3.68. The van der Waals surface area contributed by atoms with E-state index in [4.69, 9.17) is 9.02 Å². The number of benzene rings is 1. The second-order valence-corrected chi connectivity index (χ2v) is 5.48. The van der Waals surface area contributed by atoms with Crippen LogP contribution in [0.1, 0.15) is 5.56 Å². The van der Waals surface area contributed by atoms with Crippen molar-refractivity contribution in [2.45, 2.75) is 11.8 Å². The van der Waals surface area contributed by atoms with Gasteiger partial charge in [-0.05, 0) is 19.1 Å². The van der Waals surface area contributed by atoms with Gasteiger partial charge in [0.2, 0.25) is 0 Å². The summed E-state index contributed by atoms with van der Waals surface area (Å²) < 4.78 is 28.5. The molecule has 1 aromatic carbocycles. The van der Waals surface area contributed by atoms with Crippen molar-refractivity contribution in [3.05, 3.63) is 29.8 Å². The van der Waals surface area contributed by atoms with E-state index < -0.39 is 10.1 Å². The molecule has 0 unspecified atom stereocenters. The maximum absolute atomic E-state index is 11.8. The second kappa shape index (κ2) is 4.85. The van der Waals surface area contributed by atoms with Gasteiger partial charge in [-0.25, -0.2) is 0 Å². The lowest BCUT2D eigenvalue weighted by atomic mass is 10.2. The van der Waals surface area contributed by atoms with Gasteiger partial charge in [-0.2, -0.15) is 8.42 Å². The fourth-order valence-electron chi connectivity index (χ4n) is 1.35. The molecular formula is C11H13NO4S. The highest BCUT2D eigenvalue weighted by atomic mass is 32.2. The minimum atomic E-state index is -3.68. The van der Waals surface area contributed by atoms with Crippen LogP contribution in [0.4, 0.5) is 0 Å². The first kappa shape index (κ1) is 12.1. The van der Waals surface area contributed by atoms with Crippen LogP contribution in [0.3, 0.4) is 0 Å². The molecule has 0 aromatic heterocycles. The van der Waals surface area contributed by atoms with E-state index in [0.717, 1.165) is 5.56 Å². The molecule has 1 aliphatic heterocycles. The van der Waals surface area contributed by atoms with E-state index in [1.165, 1.54) is 12.1 Å². The standard InChI is InChI=1S/C11H13NO4S/c1-9-2-4-11(5-3-9)17(13,14)16-8-10-6-12-15-7-10/h2-6,10H,7-8H2,1H3/t10-/m0/s1. The Bertz CT molecular complexity index is 507. The second-order valence-electron chi connectivity index (χ2n) is 3.86. The minimum absolute atomic E-state index is 0.0553. The van der Waals surface area contributed by atoms with Gasteiger partial charge in [0.25, 0.3) is 10.1 Å². The Balaban J connectivity index is 2.03. The van der Waals surface area contributed by atoms with Crippen LogP contribution in [-0.4, -0.2) is 27.8 Å². The van der Waals surface area contributed by atoms with Gasteiger partial charge in [0.1, 0.15) is 6.61 Å². The van der Waals surface area contributed by atoms with Crippen LogP contribution in [-0.2, 0) is 19.1 Å². The van der Waals surface area contributed by atoms with E-state index in [-0.39, 0.29) is 17.4 Å². The zero-order valence-electron chi connectivity index (χ0n) is 9.37. The fraction of sp³-hybridized carbons (Fsp3) is 0.364. The van der Waals surface area contributed by atoms with Crippen LogP contribution in [0.2, 0.25) is 0 Å². The third-order valence-electron chi connectivity index (χ3n) is 2.38. The van der Waals surface area contributed by atoms with Gasteiger partial charge in [-0.15, -0.1) is 0 Å². The predicted octanol–water partition coefficient (Wildman–Crippen LogP) is 1.33. The lowest BCUT2D eigenvalue weighted by molar-refractivity contribution is 0.138. The molecule has 0 amide bonds. The van der Waals surface area contributed by atoms with E-state index in [1.54, 1.807) is 18.3 Å². The van der Waals surface area contributed by atoms with Crippen LogP contribution in [0.5, 0.6) is 0 Å². The van der Waals surface area contributed by atoms with Crippen LogP contribution >= 0.6 is 0 Å². The summed E-state index contributed by atoms with van der Waals surface area (Å²) in [6.07, 6.45) is 1.55. The number of hydrogen-bond donors (Lipinski definition) is 0. The Morgan fingerprint density at radius 2 is 2.12 bits per heavy atom. The molecule has 0 saturated heterocycles. The Morgan fingerprint density at radius 3 is 2.71 bits per heavy atom. The molecule has 0 radical (unpaired) electrons. The van der Waals surface area contributed by atoms with E-state index in [9.17, 15) is 8.42 Å². The van der Waals surface area contributed by atoms with Gasteiger partial charge in [-0.3, -0.25) is 4.18 Å². The molecule has 6 heteroatoms. The molecule has 2 rings (SSSR count). The van der Waals surface area contributed by atoms with E-state index in [1.807, 2.05) is 6.92 Å². The maximum Gasteiger partial charge on any atom is 0.296 e. The monoisotopic (exact) mass is 255 g/mol. The summed E-state index contributed by atoms with van der Waals surface area (Å²) in [4.78, 5) is 4.90. The average Bonchev–Trinajstić information content (AvgIpc) is 2.80. The predicted molar refractivity (Wildman–Crippen MR) is 62.3 cm³/mol. The number of aryl methyl sites for hydroxylation is 1. The van der Waals surface area contributed by atoms with E-state index >= 15 is 0 Å². The summed E-state index contributed by atoms with van der Waals surface area (Å²) in [5.41, 5.74) is 1.00. The number of oxime groups is 1. The molecule has 0 N–H and O–H groups in total. The smallest absolute Gasteiger partial charge is 0.296 e. The van der Waals surface area contributed by atoms with Crippen molar-refractivity contribution in [2.75, 3.05) is 13.2 Å². The van der Waals surface area contributed by atoms with Crippen LogP contribution in [0, 0.1) is 12.8 Å². The summed E-state index contributed by atoms with van der Waals surface area (Å²) in [5, 5.41) is 3.55. The summed E-state index contributed by atoms with van der Waals surface area (Å²) in [7, 11) is -3.68. The van der Waals surface area contributed by atoms with Crippen molar-refractivity contribution in [1.29, 1.82) is 0 Å². The lowest BCUT2D eigenvalue weighted by Gasteiger charge is -2.07. The molecule has 17 heavy (non-hydrogen) atoms.